The SMILES string of the molecule is Cc1cc(Br)cc(Nc2nc(C)nc(Cl)c2C)c1. The van der Waals surface area contributed by atoms with Gasteiger partial charge in [0.15, 0.2) is 0 Å². The Bertz CT molecular complexity index is 579. The van der Waals surface area contributed by atoms with Crippen molar-refractivity contribution in [1.82, 2.24) is 9.97 Å². The lowest BCUT2D eigenvalue weighted by molar-refractivity contribution is 1.04. The first kappa shape index (κ1) is 13.3. The maximum absolute atomic E-state index is 6.05. The molecule has 3 nitrogen and oxygen atoms in total. The van der Waals surface area contributed by atoms with Crippen molar-refractivity contribution in [3.8, 4) is 0 Å². The molecule has 1 heterocycles. The quantitative estimate of drug-likeness (QED) is 0.822. The molecule has 0 radical (unpaired) electrons. The number of benzene rings is 1. The molecule has 1 N–H and O–H groups in total. The van der Waals surface area contributed by atoms with Crippen LogP contribution in [0.4, 0.5) is 11.5 Å². The Morgan fingerprint density at radius 1 is 1.11 bits per heavy atom. The molecule has 0 unspecified atom stereocenters. The number of hydrogen-bond acceptors (Lipinski definition) is 3. The smallest absolute Gasteiger partial charge is 0.138 e. The number of halogens is 2. The van der Waals surface area contributed by atoms with Crippen LogP contribution in [-0.2, 0) is 0 Å². The van der Waals surface area contributed by atoms with Crippen LogP contribution >= 0.6 is 27.5 Å². The molecule has 0 fully saturated rings. The van der Waals surface area contributed by atoms with Gasteiger partial charge in [-0.15, -0.1) is 0 Å². The summed E-state index contributed by atoms with van der Waals surface area (Å²) >= 11 is 9.52. The van der Waals surface area contributed by atoms with Gasteiger partial charge in [-0.25, -0.2) is 9.97 Å². The normalized spacial score (nSPS) is 10.5. The molecule has 0 bridgehead atoms. The van der Waals surface area contributed by atoms with Gasteiger partial charge in [0.25, 0.3) is 0 Å². The Labute approximate surface area is 120 Å². The Kier molecular flexibility index (Phi) is 3.88. The molecule has 0 aliphatic heterocycles. The second kappa shape index (κ2) is 5.24. The maximum Gasteiger partial charge on any atom is 0.138 e. The molecule has 0 aliphatic rings. The van der Waals surface area contributed by atoms with Crippen LogP contribution in [0.1, 0.15) is 17.0 Å². The molecule has 2 rings (SSSR count). The zero-order valence-electron chi connectivity index (χ0n) is 10.4. The summed E-state index contributed by atoms with van der Waals surface area (Å²) in [4.78, 5) is 8.48. The number of anilines is 2. The van der Waals surface area contributed by atoms with Gasteiger partial charge in [-0.05, 0) is 44.5 Å². The van der Waals surface area contributed by atoms with E-state index in [9.17, 15) is 0 Å². The number of nitrogens with one attached hydrogen (secondary N) is 1. The third-order valence-electron chi connectivity index (χ3n) is 2.50. The maximum atomic E-state index is 6.05. The highest BCUT2D eigenvalue weighted by Crippen LogP contribution is 2.26. The van der Waals surface area contributed by atoms with E-state index in [2.05, 4.69) is 43.3 Å². The first-order valence-electron chi connectivity index (χ1n) is 5.50. The Morgan fingerprint density at radius 3 is 2.50 bits per heavy atom. The van der Waals surface area contributed by atoms with Crippen molar-refractivity contribution < 1.29 is 0 Å². The fraction of sp³-hybridized carbons (Fsp3) is 0.231. The molecule has 2 aromatic rings. The minimum Gasteiger partial charge on any atom is -0.340 e. The van der Waals surface area contributed by atoms with Crippen LogP contribution in [0.5, 0.6) is 0 Å². The summed E-state index contributed by atoms with van der Waals surface area (Å²) in [6.45, 7) is 5.76. The van der Waals surface area contributed by atoms with Crippen molar-refractivity contribution in [3.63, 3.8) is 0 Å². The molecule has 94 valence electrons. The van der Waals surface area contributed by atoms with E-state index in [1.807, 2.05) is 26.8 Å². The van der Waals surface area contributed by atoms with Crippen LogP contribution in [0, 0.1) is 20.8 Å². The number of rotatable bonds is 2. The lowest BCUT2D eigenvalue weighted by atomic mass is 10.2. The molecular formula is C13H13BrClN3. The fourth-order valence-corrected chi connectivity index (χ4v) is 2.48. The molecule has 1 aromatic heterocycles. The first-order chi connectivity index (χ1) is 8.45. The average molecular weight is 327 g/mol. The predicted octanol–water partition coefficient (Wildman–Crippen LogP) is 4.56. The summed E-state index contributed by atoms with van der Waals surface area (Å²) in [7, 11) is 0. The van der Waals surface area contributed by atoms with Gasteiger partial charge in [0, 0.05) is 15.7 Å². The van der Waals surface area contributed by atoms with Crippen molar-refractivity contribution in [1.29, 1.82) is 0 Å². The zero-order valence-corrected chi connectivity index (χ0v) is 12.7. The van der Waals surface area contributed by atoms with E-state index in [4.69, 9.17) is 11.6 Å². The minimum absolute atomic E-state index is 0.483. The van der Waals surface area contributed by atoms with Crippen molar-refractivity contribution >= 4 is 39.0 Å². The van der Waals surface area contributed by atoms with Crippen molar-refractivity contribution in [2.75, 3.05) is 5.32 Å². The minimum atomic E-state index is 0.483. The van der Waals surface area contributed by atoms with E-state index >= 15 is 0 Å². The Hall–Kier alpha value is -1.13. The van der Waals surface area contributed by atoms with E-state index in [1.165, 1.54) is 5.56 Å². The Morgan fingerprint density at radius 2 is 1.83 bits per heavy atom. The van der Waals surface area contributed by atoms with Gasteiger partial charge in [-0.2, -0.15) is 0 Å². The highest BCUT2D eigenvalue weighted by atomic mass is 79.9. The molecule has 18 heavy (non-hydrogen) atoms. The standard InChI is InChI=1S/C13H13BrClN3/c1-7-4-10(14)6-11(5-7)18-13-8(2)12(15)16-9(3)17-13/h4-6H,1-3H3,(H,16,17,18). The van der Waals surface area contributed by atoms with Crippen LogP contribution in [0.3, 0.4) is 0 Å². The molecule has 0 aliphatic carbocycles. The van der Waals surface area contributed by atoms with Gasteiger partial charge in [0.2, 0.25) is 0 Å². The summed E-state index contributed by atoms with van der Waals surface area (Å²) in [6, 6.07) is 6.10. The van der Waals surface area contributed by atoms with Crippen molar-refractivity contribution in [2.45, 2.75) is 20.8 Å². The van der Waals surface area contributed by atoms with Crippen LogP contribution in [-0.4, -0.2) is 9.97 Å². The van der Waals surface area contributed by atoms with E-state index in [1.54, 1.807) is 0 Å². The largest absolute Gasteiger partial charge is 0.340 e. The molecule has 5 heteroatoms. The molecule has 0 spiro atoms. The van der Waals surface area contributed by atoms with Crippen LogP contribution in [0.25, 0.3) is 0 Å². The summed E-state index contributed by atoms with van der Waals surface area (Å²) in [5.41, 5.74) is 2.99. The average Bonchev–Trinajstić information content (AvgIpc) is 2.23. The molecular weight excluding hydrogens is 314 g/mol. The van der Waals surface area contributed by atoms with Gasteiger partial charge in [0.05, 0.1) is 0 Å². The zero-order chi connectivity index (χ0) is 13.3. The van der Waals surface area contributed by atoms with Gasteiger partial charge in [-0.1, -0.05) is 27.5 Å². The lowest BCUT2D eigenvalue weighted by Crippen LogP contribution is -2.01. The van der Waals surface area contributed by atoms with E-state index < -0.39 is 0 Å². The van der Waals surface area contributed by atoms with Crippen LogP contribution in [0.15, 0.2) is 22.7 Å². The molecule has 0 amide bonds. The Balaban J connectivity index is 2.39. The molecule has 0 atom stereocenters. The summed E-state index contributed by atoms with van der Waals surface area (Å²) < 4.78 is 1.03. The first-order valence-corrected chi connectivity index (χ1v) is 6.68. The van der Waals surface area contributed by atoms with E-state index in [0.29, 0.717) is 11.0 Å². The molecule has 1 aromatic carbocycles. The molecule has 0 saturated carbocycles. The summed E-state index contributed by atoms with van der Waals surface area (Å²) in [6.07, 6.45) is 0. The predicted molar refractivity (Wildman–Crippen MR) is 78.7 cm³/mol. The van der Waals surface area contributed by atoms with Crippen molar-refractivity contribution in [3.05, 3.63) is 44.8 Å². The fourth-order valence-electron chi connectivity index (χ4n) is 1.66. The summed E-state index contributed by atoms with van der Waals surface area (Å²) in [5, 5.41) is 3.75. The molecule has 0 saturated heterocycles. The second-order valence-corrected chi connectivity index (χ2v) is 5.45. The topological polar surface area (TPSA) is 37.8 Å². The van der Waals surface area contributed by atoms with Gasteiger partial charge < -0.3 is 5.32 Å². The number of hydrogen-bond donors (Lipinski definition) is 1. The lowest BCUT2D eigenvalue weighted by Gasteiger charge is -2.11. The van der Waals surface area contributed by atoms with Gasteiger partial charge in [0.1, 0.15) is 16.8 Å². The number of aromatic nitrogens is 2. The monoisotopic (exact) mass is 325 g/mol. The second-order valence-electron chi connectivity index (χ2n) is 4.18. The third-order valence-corrected chi connectivity index (χ3v) is 3.33. The number of nitrogens with zero attached hydrogens (tertiary/aromatic N) is 2. The number of aryl methyl sites for hydroxylation is 2. The van der Waals surface area contributed by atoms with Crippen molar-refractivity contribution in [2.24, 2.45) is 0 Å². The van der Waals surface area contributed by atoms with Gasteiger partial charge >= 0.3 is 0 Å². The van der Waals surface area contributed by atoms with Crippen LogP contribution < -0.4 is 5.32 Å². The van der Waals surface area contributed by atoms with E-state index in [-0.39, 0.29) is 0 Å². The third kappa shape index (κ3) is 3.00. The summed E-state index contributed by atoms with van der Waals surface area (Å²) in [5.74, 6) is 1.39. The highest BCUT2D eigenvalue weighted by Gasteiger charge is 2.08. The van der Waals surface area contributed by atoms with Crippen LogP contribution in [0.2, 0.25) is 5.15 Å². The van der Waals surface area contributed by atoms with Gasteiger partial charge in [-0.3, -0.25) is 0 Å². The highest BCUT2D eigenvalue weighted by molar-refractivity contribution is 9.10. The van der Waals surface area contributed by atoms with E-state index in [0.717, 1.165) is 21.5 Å².